The average Bonchev–Trinajstić information content (AvgIpc) is 3.18. The molecule has 0 atom stereocenters. The molecule has 0 aromatic heterocycles. The summed E-state index contributed by atoms with van der Waals surface area (Å²) in [6, 6.07) is 8.38. The van der Waals surface area contributed by atoms with E-state index in [-0.39, 0.29) is 0 Å². The summed E-state index contributed by atoms with van der Waals surface area (Å²) in [5, 5.41) is 0.924. The average molecular weight is 444 g/mol. The minimum absolute atomic E-state index is 0.304. The zero-order valence-corrected chi connectivity index (χ0v) is 17.4. The fourth-order valence-electron chi connectivity index (χ4n) is 4.11. The van der Waals surface area contributed by atoms with Gasteiger partial charge in [0, 0.05) is 35.2 Å². The van der Waals surface area contributed by atoms with Crippen LogP contribution in [0.25, 0.3) is 11.8 Å². The summed E-state index contributed by atoms with van der Waals surface area (Å²) in [6.07, 6.45) is 4.20. The van der Waals surface area contributed by atoms with Gasteiger partial charge >= 0.3 is 0 Å². The molecule has 3 heterocycles. The molecule has 6 heteroatoms. The van der Waals surface area contributed by atoms with Gasteiger partial charge in [-0.3, -0.25) is 0 Å². The first-order chi connectivity index (χ1) is 13.8. The molecule has 0 aliphatic carbocycles. The van der Waals surface area contributed by atoms with Crippen molar-refractivity contribution in [3.63, 3.8) is 0 Å². The van der Waals surface area contributed by atoms with E-state index in [1.807, 2.05) is 6.07 Å². The number of methoxy groups -OCH3 is 1. The van der Waals surface area contributed by atoms with Gasteiger partial charge in [-0.2, -0.15) is 0 Å². The standard InChI is InChI=1S/C22H22BrNO4/c1-25-19-4-3-14-9-18-16-11-21-20(27-13-28-21)10-15(16)5-7-24(18)12-17(14)22(19)26-8-2-6-23/h3-4,9-11H,2,5-8,12-13H2,1H3. The van der Waals surface area contributed by atoms with E-state index in [9.17, 15) is 0 Å². The molecule has 28 heavy (non-hydrogen) atoms. The molecule has 5 nitrogen and oxygen atoms in total. The fourth-order valence-corrected chi connectivity index (χ4v) is 4.34. The van der Waals surface area contributed by atoms with Crippen LogP contribution in [0.15, 0.2) is 24.3 Å². The van der Waals surface area contributed by atoms with Gasteiger partial charge in [0.2, 0.25) is 6.79 Å². The van der Waals surface area contributed by atoms with Gasteiger partial charge in [0.25, 0.3) is 0 Å². The lowest BCUT2D eigenvalue weighted by molar-refractivity contribution is 0.174. The summed E-state index contributed by atoms with van der Waals surface area (Å²) in [7, 11) is 1.70. The molecule has 0 saturated heterocycles. The molecule has 0 amide bonds. The first-order valence-electron chi connectivity index (χ1n) is 9.56. The van der Waals surface area contributed by atoms with E-state index in [4.69, 9.17) is 18.9 Å². The summed E-state index contributed by atoms with van der Waals surface area (Å²) >= 11 is 3.47. The van der Waals surface area contributed by atoms with Gasteiger partial charge < -0.3 is 23.8 Å². The quantitative estimate of drug-likeness (QED) is 0.503. The highest BCUT2D eigenvalue weighted by molar-refractivity contribution is 9.09. The van der Waals surface area contributed by atoms with Gasteiger partial charge in [0.05, 0.1) is 13.7 Å². The summed E-state index contributed by atoms with van der Waals surface area (Å²) in [6.45, 7) is 2.76. The Morgan fingerprint density at radius 2 is 2.04 bits per heavy atom. The van der Waals surface area contributed by atoms with Crippen molar-refractivity contribution in [2.75, 3.05) is 32.4 Å². The van der Waals surface area contributed by atoms with Crippen LogP contribution in [0.2, 0.25) is 0 Å². The van der Waals surface area contributed by atoms with Crippen molar-refractivity contribution in [2.24, 2.45) is 0 Å². The van der Waals surface area contributed by atoms with Gasteiger partial charge in [-0.25, -0.2) is 0 Å². The van der Waals surface area contributed by atoms with Crippen LogP contribution in [0.5, 0.6) is 23.0 Å². The van der Waals surface area contributed by atoms with Gasteiger partial charge in [0.1, 0.15) is 0 Å². The van der Waals surface area contributed by atoms with E-state index in [1.54, 1.807) is 7.11 Å². The monoisotopic (exact) mass is 443 g/mol. The molecule has 0 fully saturated rings. The highest BCUT2D eigenvalue weighted by Crippen LogP contribution is 2.45. The van der Waals surface area contributed by atoms with Crippen molar-refractivity contribution >= 4 is 27.7 Å². The number of halogens is 1. The Hall–Kier alpha value is -2.34. The van der Waals surface area contributed by atoms with Crippen molar-refractivity contribution < 1.29 is 18.9 Å². The first kappa shape index (κ1) is 17.7. The Kier molecular flexibility index (Phi) is 4.59. The SMILES string of the molecule is COc1ccc2c(c1OCCCBr)CN1CCc3cc4c(cc3C1=C2)OCO4. The molecule has 2 aromatic carbocycles. The summed E-state index contributed by atoms with van der Waals surface area (Å²) in [5.41, 5.74) is 6.17. The van der Waals surface area contributed by atoms with Gasteiger partial charge in [-0.05, 0) is 48.2 Å². The number of fused-ring (bicyclic) bond motifs is 5. The minimum Gasteiger partial charge on any atom is -0.493 e. The second-order valence-electron chi connectivity index (χ2n) is 7.12. The molecule has 3 aliphatic rings. The van der Waals surface area contributed by atoms with E-state index in [1.165, 1.54) is 28.0 Å². The van der Waals surface area contributed by atoms with Crippen LogP contribution < -0.4 is 18.9 Å². The van der Waals surface area contributed by atoms with Crippen LogP contribution in [-0.4, -0.2) is 37.3 Å². The first-order valence-corrected chi connectivity index (χ1v) is 10.7. The number of hydrogen-bond donors (Lipinski definition) is 0. The summed E-state index contributed by atoms with van der Waals surface area (Å²) in [4.78, 5) is 2.42. The van der Waals surface area contributed by atoms with Crippen LogP contribution in [0.1, 0.15) is 28.7 Å². The smallest absolute Gasteiger partial charge is 0.231 e. The maximum Gasteiger partial charge on any atom is 0.231 e. The Bertz CT molecular complexity index is 956. The predicted octanol–water partition coefficient (Wildman–Crippen LogP) is 4.46. The van der Waals surface area contributed by atoms with Crippen molar-refractivity contribution in [3.05, 3.63) is 46.5 Å². The van der Waals surface area contributed by atoms with E-state index in [0.717, 1.165) is 54.3 Å². The zero-order chi connectivity index (χ0) is 19.1. The number of hydrogen-bond acceptors (Lipinski definition) is 5. The van der Waals surface area contributed by atoms with Gasteiger partial charge in [-0.15, -0.1) is 0 Å². The predicted molar refractivity (Wildman–Crippen MR) is 111 cm³/mol. The van der Waals surface area contributed by atoms with Crippen molar-refractivity contribution in [2.45, 2.75) is 19.4 Å². The highest BCUT2D eigenvalue weighted by Gasteiger charge is 2.30. The number of nitrogens with zero attached hydrogens (tertiary/aromatic N) is 1. The van der Waals surface area contributed by atoms with Gasteiger partial charge in [0.15, 0.2) is 23.0 Å². The summed E-state index contributed by atoms with van der Waals surface area (Å²) in [5.74, 6) is 3.36. The lowest BCUT2D eigenvalue weighted by Gasteiger charge is -2.37. The molecule has 3 aliphatic heterocycles. The van der Waals surface area contributed by atoms with Crippen LogP contribution in [-0.2, 0) is 13.0 Å². The van der Waals surface area contributed by atoms with Crippen LogP contribution in [0.3, 0.4) is 0 Å². The number of benzene rings is 2. The molecule has 2 aromatic rings. The molecule has 0 bridgehead atoms. The Balaban J connectivity index is 1.57. The third-order valence-electron chi connectivity index (χ3n) is 5.51. The van der Waals surface area contributed by atoms with Crippen LogP contribution >= 0.6 is 15.9 Å². The molecule has 0 spiro atoms. The highest BCUT2D eigenvalue weighted by atomic mass is 79.9. The molecule has 0 N–H and O–H groups in total. The van der Waals surface area contributed by atoms with E-state index >= 15 is 0 Å². The Morgan fingerprint density at radius 3 is 2.86 bits per heavy atom. The summed E-state index contributed by atoms with van der Waals surface area (Å²) < 4.78 is 22.9. The van der Waals surface area contributed by atoms with E-state index in [0.29, 0.717) is 13.4 Å². The minimum atomic E-state index is 0.304. The van der Waals surface area contributed by atoms with Crippen molar-refractivity contribution in [1.82, 2.24) is 4.90 Å². The molecule has 0 radical (unpaired) electrons. The molecule has 0 unspecified atom stereocenters. The number of alkyl halides is 1. The van der Waals surface area contributed by atoms with Gasteiger partial charge in [-0.1, -0.05) is 22.0 Å². The van der Waals surface area contributed by atoms with Crippen LogP contribution in [0, 0.1) is 0 Å². The van der Waals surface area contributed by atoms with Crippen LogP contribution in [0.4, 0.5) is 0 Å². The Labute approximate surface area is 173 Å². The molecule has 5 rings (SSSR count). The lowest BCUT2D eigenvalue weighted by Crippen LogP contribution is -2.31. The van der Waals surface area contributed by atoms with E-state index in [2.05, 4.69) is 45.1 Å². The maximum absolute atomic E-state index is 6.13. The second-order valence-corrected chi connectivity index (χ2v) is 7.91. The second kappa shape index (κ2) is 7.24. The number of ether oxygens (including phenoxy) is 4. The molecule has 0 saturated carbocycles. The maximum atomic E-state index is 6.13. The zero-order valence-electron chi connectivity index (χ0n) is 15.8. The Morgan fingerprint density at radius 1 is 1.18 bits per heavy atom. The van der Waals surface area contributed by atoms with E-state index < -0.39 is 0 Å². The topological polar surface area (TPSA) is 40.2 Å². The third kappa shape index (κ3) is 2.91. The largest absolute Gasteiger partial charge is 0.493 e. The van der Waals surface area contributed by atoms with Crippen molar-refractivity contribution in [3.8, 4) is 23.0 Å². The normalized spacial score (nSPS) is 16.1. The van der Waals surface area contributed by atoms with Crippen molar-refractivity contribution in [1.29, 1.82) is 0 Å². The molecule has 146 valence electrons. The molecular formula is C22H22BrNO4. The third-order valence-corrected chi connectivity index (χ3v) is 6.07. The molecular weight excluding hydrogens is 422 g/mol. The fraction of sp³-hybridized carbons (Fsp3) is 0.364. The lowest BCUT2D eigenvalue weighted by atomic mass is 9.90. The number of rotatable bonds is 5.